The molecule has 0 spiro atoms. The molecule has 1 aromatic carbocycles. The smallest absolute Gasteiger partial charge is 0.227 e. The molecular weight excluding hydrogens is 292 g/mol. The molecule has 3 aromatic rings. The molecular formula is C16H16N6O. The van der Waals surface area contributed by atoms with Gasteiger partial charge in [0, 0.05) is 24.6 Å². The number of nitrogens with zero attached hydrogens (tertiary/aromatic N) is 4. The van der Waals surface area contributed by atoms with Crippen molar-refractivity contribution in [1.29, 1.82) is 0 Å². The van der Waals surface area contributed by atoms with Crippen molar-refractivity contribution in [2.45, 2.75) is 0 Å². The zero-order valence-electron chi connectivity index (χ0n) is 12.7. The lowest BCUT2D eigenvalue weighted by Crippen LogP contribution is -2.07. The van der Waals surface area contributed by atoms with E-state index >= 15 is 0 Å². The van der Waals surface area contributed by atoms with E-state index in [0.717, 1.165) is 11.4 Å². The van der Waals surface area contributed by atoms with Gasteiger partial charge in [0.2, 0.25) is 5.95 Å². The Balaban J connectivity index is 1.97. The lowest BCUT2D eigenvalue weighted by Gasteiger charge is -2.10. The number of methoxy groups -OCH3 is 1. The Labute approximate surface area is 133 Å². The lowest BCUT2D eigenvalue weighted by atomic mass is 10.3. The van der Waals surface area contributed by atoms with Gasteiger partial charge in [-0.25, -0.2) is 9.97 Å². The van der Waals surface area contributed by atoms with Crippen LogP contribution < -0.4 is 15.4 Å². The minimum atomic E-state index is 0.467. The van der Waals surface area contributed by atoms with Crippen molar-refractivity contribution in [2.24, 2.45) is 0 Å². The quantitative estimate of drug-likeness (QED) is 0.677. The molecule has 0 amide bonds. The Morgan fingerprint density at radius 3 is 2.65 bits per heavy atom. The molecule has 2 heterocycles. The van der Waals surface area contributed by atoms with Crippen molar-refractivity contribution in [2.75, 3.05) is 24.3 Å². The maximum atomic E-state index is 5.16. The van der Waals surface area contributed by atoms with Gasteiger partial charge in [0.25, 0.3) is 0 Å². The first kappa shape index (κ1) is 14.7. The van der Waals surface area contributed by atoms with Crippen LogP contribution in [0.15, 0.2) is 49.3 Å². The van der Waals surface area contributed by atoms with E-state index in [1.54, 1.807) is 25.6 Å². The Morgan fingerprint density at radius 1 is 1.13 bits per heavy atom. The number of nitrogens with one attached hydrogen (secondary N) is 2. The summed E-state index contributed by atoms with van der Waals surface area (Å²) in [6.45, 7) is 4.23. The third-order valence-corrected chi connectivity index (χ3v) is 3.09. The van der Waals surface area contributed by atoms with Crippen LogP contribution in [0.2, 0.25) is 0 Å². The molecule has 0 radical (unpaired) electrons. The molecule has 0 saturated carbocycles. The van der Waals surface area contributed by atoms with Gasteiger partial charge in [-0.15, -0.1) is 6.58 Å². The van der Waals surface area contributed by atoms with Crippen LogP contribution in [0.4, 0.5) is 17.5 Å². The summed E-state index contributed by atoms with van der Waals surface area (Å²) in [7, 11) is 1.63. The fourth-order valence-electron chi connectivity index (χ4n) is 2.00. The summed E-state index contributed by atoms with van der Waals surface area (Å²) < 4.78 is 5.16. The van der Waals surface area contributed by atoms with E-state index in [4.69, 9.17) is 4.74 Å². The van der Waals surface area contributed by atoms with Crippen LogP contribution in [-0.4, -0.2) is 33.6 Å². The summed E-state index contributed by atoms with van der Waals surface area (Å²) in [5.74, 6) is 1.84. The number of ether oxygens (including phenoxy) is 1. The fraction of sp³-hybridized carbons (Fsp3) is 0.125. The molecule has 0 bridgehead atoms. The van der Waals surface area contributed by atoms with Crippen LogP contribution in [0, 0.1) is 0 Å². The molecule has 0 aliphatic carbocycles. The molecule has 0 unspecified atom stereocenters. The fourth-order valence-corrected chi connectivity index (χ4v) is 2.00. The standard InChI is InChI=1S/C16H16N6O/c1-3-8-19-16-21-14-13(17-9-10-18-14)15(22-16)20-11-4-6-12(23-2)7-5-11/h3-7,9-10H,1,8H2,2H3,(H2,18,19,20,21,22). The van der Waals surface area contributed by atoms with E-state index in [1.807, 2.05) is 24.3 Å². The van der Waals surface area contributed by atoms with Crippen molar-refractivity contribution in [3.05, 3.63) is 49.3 Å². The highest BCUT2D eigenvalue weighted by atomic mass is 16.5. The first-order chi connectivity index (χ1) is 11.3. The molecule has 0 aliphatic heterocycles. The summed E-state index contributed by atoms with van der Waals surface area (Å²) in [5, 5.41) is 6.30. The normalized spacial score (nSPS) is 10.3. The summed E-state index contributed by atoms with van der Waals surface area (Å²) >= 11 is 0. The Morgan fingerprint density at radius 2 is 1.91 bits per heavy atom. The van der Waals surface area contributed by atoms with Gasteiger partial charge in [-0.2, -0.15) is 9.97 Å². The van der Waals surface area contributed by atoms with E-state index in [-0.39, 0.29) is 0 Å². The van der Waals surface area contributed by atoms with Gasteiger partial charge < -0.3 is 15.4 Å². The van der Waals surface area contributed by atoms with Crippen molar-refractivity contribution < 1.29 is 4.74 Å². The number of rotatable bonds is 6. The number of hydrogen-bond acceptors (Lipinski definition) is 7. The Hall–Kier alpha value is -3.22. The zero-order valence-corrected chi connectivity index (χ0v) is 12.7. The van der Waals surface area contributed by atoms with Crippen molar-refractivity contribution in [3.8, 4) is 5.75 Å². The molecule has 7 nitrogen and oxygen atoms in total. The van der Waals surface area contributed by atoms with Crippen LogP contribution in [0.1, 0.15) is 0 Å². The van der Waals surface area contributed by atoms with E-state index in [2.05, 4.69) is 37.1 Å². The number of benzene rings is 1. The molecule has 0 saturated heterocycles. The van der Waals surface area contributed by atoms with Crippen molar-refractivity contribution in [3.63, 3.8) is 0 Å². The first-order valence-electron chi connectivity index (χ1n) is 7.05. The Bertz CT molecular complexity index is 818. The molecule has 2 N–H and O–H groups in total. The maximum Gasteiger partial charge on any atom is 0.227 e. The van der Waals surface area contributed by atoms with Gasteiger partial charge in [-0.1, -0.05) is 6.08 Å². The van der Waals surface area contributed by atoms with Crippen LogP contribution >= 0.6 is 0 Å². The first-order valence-corrected chi connectivity index (χ1v) is 7.05. The predicted octanol–water partition coefficient (Wildman–Crippen LogP) is 2.77. The highest BCUT2D eigenvalue weighted by Crippen LogP contribution is 2.23. The summed E-state index contributed by atoms with van der Waals surface area (Å²) in [4.78, 5) is 17.4. The predicted molar refractivity (Wildman–Crippen MR) is 90.1 cm³/mol. The molecule has 0 aliphatic rings. The van der Waals surface area contributed by atoms with Gasteiger partial charge >= 0.3 is 0 Å². The molecule has 23 heavy (non-hydrogen) atoms. The third-order valence-electron chi connectivity index (χ3n) is 3.09. The van der Waals surface area contributed by atoms with Gasteiger partial charge in [0.05, 0.1) is 7.11 Å². The number of anilines is 3. The zero-order chi connectivity index (χ0) is 16.1. The number of aromatic nitrogens is 4. The van der Waals surface area contributed by atoms with E-state index in [0.29, 0.717) is 29.5 Å². The second-order valence-corrected chi connectivity index (χ2v) is 4.65. The van der Waals surface area contributed by atoms with Gasteiger partial charge in [0.1, 0.15) is 5.75 Å². The second kappa shape index (κ2) is 6.69. The molecule has 116 valence electrons. The highest BCUT2D eigenvalue weighted by Gasteiger charge is 2.10. The number of hydrogen-bond donors (Lipinski definition) is 2. The average molecular weight is 308 g/mol. The SMILES string of the molecule is C=CCNc1nc(Nc2ccc(OC)cc2)c2nccnc2n1. The van der Waals surface area contributed by atoms with E-state index in [1.165, 1.54) is 0 Å². The second-order valence-electron chi connectivity index (χ2n) is 4.65. The van der Waals surface area contributed by atoms with Gasteiger partial charge in [-0.3, -0.25) is 0 Å². The van der Waals surface area contributed by atoms with Gasteiger partial charge in [-0.05, 0) is 24.3 Å². The third kappa shape index (κ3) is 3.34. The highest BCUT2D eigenvalue weighted by molar-refractivity contribution is 5.85. The van der Waals surface area contributed by atoms with Crippen LogP contribution in [0.3, 0.4) is 0 Å². The van der Waals surface area contributed by atoms with Crippen molar-refractivity contribution in [1.82, 2.24) is 19.9 Å². The van der Waals surface area contributed by atoms with E-state index in [9.17, 15) is 0 Å². The molecule has 3 rings (SSSR count). The molecule has 7 heteroatoms. The minimum absolute atomic E-state index is 0.467. The van der Waals surface area contributed by atoms with Crippen molar-refractivity contribution >= 4 is 28.6 Å². The molecule has 2 aromatic heterocycles. The molecule has 0 atom stereocenters. The van der Waals surface area contributed by atoms with Crippen LogP contribution in [0.5, 0.6) is 5.75 Å². The molecule has 0 fully saturated rings. The largest absolute Gasteiger partial charge is 0.497 e. The summed E-state index contributed by atoms with van der Waals surface area (Å²) in [6.07, 6.45) is 4.95. The Kier molecular flexibility index (Phi) is 4.28. The topological polar surface area (TPSA) is 84.9 Å². The van der Waals surface area contributed by atoms with Crippen LogP contribution in [0.25, 0.3) is 11.2 Å². The van der Waals surface area contributed by atoms with Crippen LogP contribution in [-0.2, 0) is 0 Å². The lowest BCUT2D eigenvalue weighted by molar-refractivity contribution is 0.415. The summed E-state index contributed by atoms with van der Waals surface area (Å²) in [5.41, 5.74) is 1.99. The van der Waals surface area contributed by atoms with Gasteiger partial charge in [0.15, 0.2) is 17.0 Å². The maximum absolute atomic E-state index is 5.16. The monoisotopic (exact) mass is 308 g/mol. The average Bonchev–Trinajstić information content (AvgIpc) is 2.60. The summed E-state index contributed by atoms with van der Waals surface area (Å²) in [6, 6.07) is 7.54. The van der Waals surface area contributed by atoms with E-state index < -0.39 is 0 Å². The minimum Gasteiger partial charge on any atom is -0.497 e. The number of fused-ring (bicyclic) bond motifs is 1.